The lowest BCUT2D eigenvalue weighted by molar-refractivity contribution is 0.0693. The monoisotopic (exact) mass is 225 g/mol. The highest BCUT2D eigenvalue weighted by Gasteiger charge is 2.12. The van der Waals surface area contributed by atoms with Crippen molar-refractivity contribution >= 4 is 5.97 Å². The van der Waals surface area contributed by atoms with Gasteiger partial charge in [-0.25, -0.2) is 9.48 Å². The minimum atomic E-state index is -1.21. The Bertz CT molecular complexity index is 451. The molecule has 0 amide bonds. The highest BCUT2D eigenvalue weighted by atomic mass is 16.4. The zero-order valence-corrected chi connectivity index (χ0v) is 9.60. The van der Waals surface area contributed by atoms with Crippen LogP contribution in [0.2, 0.25) is 0 Å². The van der Waals surface area contributed by atoms with Crippen LogP contribution in [-0.2, 0) is 13.5 Å². The number of likely N-dealkylation sites (N-methyl/N-ethyl adjacent to an activating group) is 1. The van der Waals surface area contributed by atoms with Crippen molar-refractivity contribution in [2.75, 3.05) is 20.6 Å². The zero-order valence-electron chi connectivity index (χ0n) is 9.60. The summed E-state index contributed by atoms with van der Waals surface area (Å²) in [6, 6.07) is 1.34. The second-order valence-corrected chi connectivity index (χ2v) is 3.84. The molecule has 0 radical (unpaired) electrons. The molecule has 0 saturated heterocycles. The van der Waals surface area contributed by atoms with Crippen molar-refractivity contribution in [2.45, 2.75) is 6.42 Å². The summed E-state index contributed by atoms with van der Waals surface area (Å²) in [7, 11) is 5.29. The van der Waals surface area contributed by atoms with Crippen LogP contribution in [0, 0.1) is 0 Å². The predicted octanol–water partition coefficient (Wildman–Crippen LogP) is -0.417. The lowest BCUT2D eigenvalue weighted by Gasteiger charge is -2.09. The van der Waals surface area contributed by atoms with Crippen LogP contribution < -0.4 is 5.56 Å². The van der Waals surface area contributed by atoms with Crippen LogP contribution in [0.15, 0.2) is 10.9 Å². The van der Waals surface area contributed by atoms with Crippen LogP contribution in [-0.4, -0.2) is 46.4 Å². The molecule has 0 saturated carbocycles. The molecule has 1 heterocycles. The summed E-state index contributed by atoms with van der Waals surface area (Å²) in [6.45, 7) is 0.754. The van der Waals surface area contributed by atoms with Crippen LogP contribution >= 0.6 is 0 Å². The Morgan fingerprint density at radius 1 is 1.56 bits per heavy atom. The number of nitrogens with zero attached hydrogens (tertiary/aromatic N) is 3. The van der Waals surface area contributed by atoms with Crippen molar-refractivity contribution in [3.05, 3.63) is 27.7 Å². The summed E-state index contributed by atoms with van der Waals surface area (Å²) in [5.41, 5.74) is -0.208. The van der Waals surface area contributed by atoms with E-state index in [4.69, 9.17) is 5.11 Å². The molecule has 1 aromatic heterocycles. The van der Waals surface area contributed by atoms with E-state index >= 15 is 0 Å². The lowest BCUT2D eigenvalue weighted by Crippen LogP contribution is -2.28. The van der Waals surface area contributed by atoms with E-state index in [2.05, 4.69) is 5.10 Å². The number of carboxylic acid groups (broad SMARTS) is 1. The van der Waals surface area contributed by atoms with E-state index in [1.807, 2.05) is 19.0 Å². The van der Waals surface area contributed by atoms with Gasteiger partial charge in [-0.15, -0.1) is 0 Å². The van der Waals surface area contributed by atoms with Gasteiger partial charge in [0.05, 0.1) is 5.69 Å². The molecule has 1 N–H and O–H groups in total. The Kier molecular flexibility index (Phi) is 3.78. The molecule has 0 aliphatic rings. The number of hydrogen-bond acceptors (Lipinski definition) is 4. The van der Waals surface area contributed by atoms with Gasteiger partial charge in [-0.2, -0.15) is 5.10 Å². The standard InChI is InChI=1S/C10H15N3O3/c1-12(2)5-4-7-6-8(10(15)16)9(14)13(3)11-7/h6H,4-5H2,1-3H3,(H,15,16). The molecule has 0 aliphatic heterocycles. The maximum Gasteiger partial charge on any atom is 0.341 e. The van der Waals surface area contributed by atoms with Crippen LogP contribution in [0.3, 0.4) is 0 Å². The largest absolute Gasteiger partial charge is 0.477 e. The summed E-state index contributed by atoms with van der Waals surface area (Å²) >= 11 is 0. The smallest absolute Gasteiger partial charge is 0.341 e. The molecule has 0 aliphatic carbocycles. The molecule has 0 bridgehead atoms. The summed E-state index contributed by atoms with van der Waals surface area (Å²) in [6.07, 6.45) is 0.612. The number of carboxylic acids is 1. The molecule has 6 heteroatoms. The van der Waals surface area contributed by atoms with E-state index in [1.54, 1.807) is 0 Å². The molecule has 16 heavy (non-hydrogen) atoms. The van der Waals surface area contributed by atoms with Crippen LogP contribution in [0.25, 0.3) is 0 Å². The first-order valence-electron chi connectivity index (χ1n) is 4.87. The average molecular weight is 225 g/mol. The van der Waals surface area contributed by atoms with Gasteiger partial charge in [0.1, 0.15) is 5.56 Å². The van der Waals surface area contributed by atoms with Crippen molar-refractivity contribution in [2.24, 2.45) is 7.05 Å². The summed E-state index contributed by atoms with van der Waals surface area (Å²) in [5.74, 6) is -1.21. The molecule has 0 spiro atoms. The second-order valence-electron chi connectivity index (χ2n) is 3.84. The normalized spacial score (nSPS) is 10.8. The van der Waals surface area contributed by atoms with Crippen molar-refractivity contribution < 1.29 is 9.90 Å². The number of carbonyl (C=O) groups is 1. The van der Waals surface area contributed by atoms with Gasteiger partial charge in [0, 0.05) is 20.0 Å². The number of aromatic carboxylic acids is 1. The lowest BCUT2D eigenvalue weighted by atomic mass is 10.2. The molecule has 6 nitrogen and oxygen atoms in total. The maximum atomic E-state index is 11.4. The van der Waals surface area contributed by atoms with E-state index in [9.17, 15) is 9.59 Å². The third kappa shape index (κ3) is 2.90. The Labute approximate surface area is 93.1 Å². The first-order chi connectivity index (χ1) is 7.41. The summed E-state index contributed by atoms with van der Waals surface area (Å²) < 4.78 is 1.06. The third-order valence-electron chi connectivity index (χ3n) is 2.16. The average Bonchev–Trinajstić information content (AvgIpc) is 2.19. The van der Waals surface area contributed by atoms with Gasteiger partial charge >= 0.3 is 5.97 Å². The first-order valence-corrected chi connectivity index (χ1v) is 4.87. The topological polar surface area (TPSA) is 75.4 Å². The number of rotatable bonds is 4. The van der Waals surface area contributed by atoms with Crippen LogP contribution in [0.5, 0.6) is 0 Å². The van der Waals surface area contributed by atoms with Gasteiger partial charge in [0.2, 0.25) is 0 Å². The quantitative estimate of drug-likeness (QED) is 0.753. The van der Waals surface area contributed by atoms with Crippen molar-refractivity contribution in [1.82, 2.24) is 14.7 Å². The fraction of sp³-hybridized carbons (Fsp3) is 0.500. The van der Waals surface area contributed by atoms with Gasteiger partial charge in [0.15, 0.2) is 0 Å². The molecular formula is C10H15N3O3. The summed E-state index contributed by atoms with van der Waals surface area (Å²) in [5, 5.41) is 12.8. The molecule has 0 unspecified atom stereocenters. The summed E-state index contributed by atoms with van der Waals surface area (Å²) in [4.78, 5) is 24.2. The second kappa shape index (κ2) is 4.89. The number of aryl methyl sites for hydroxylation is 1. The zero-order chi connectivity index (χ0) is 12.3. The molecule has 0 fully saturated rings. The Morgan fingerprint density at radius 3 is 2.69 bits per heavy atom. The van der Waals surface area contributed by atoms with E-state index in [0.29, 0.717) is 12.1 Å². The van der Waals surface area contributed by atoms with Gasteiger partial charge in [-0.1, -0.05) is 0 Å². The molecule has 1 aromatic rings. The van der Waals surface area contributed by atoms with Crippen molar-refractivity contribution in [3.63, 3.8) is 0 Å². The van der Waals surface area contributed by atoms with E-state index in [0.717, 1.165) is 11.2 Å². The van der Waals surface area contributed by atoms with E-state index < -0.39 is 11.5 Å². The van der Waals surface area contributed by atoms with E-state index in [1.165, 1.54) is 13.1 Å². The Balaban J connectivity index is 3.05. The maximum absolute atomic E-state index is 11.4. The van der Waals surface area contributed by atoms with Gasteiger partial charge in [-0.05, 0) is 20.2 Å². The Morgan fingerprint density at radius 2 is 2.19 bits per heavy atom. The molecule has 1 rings (SSSR count). The fourth-order valence-electron chi connectivity index (χ4n) is 1.28. The Hall–Kier alpha value is -1.69. The predicted molar refractivity (Wildman–Crippen MR) is 58.7 cm³/mol. The van der Waals surface area contributed by atoms with Crippen molar-refractivity contribution in [1.29, 1.82) is 0 Å². The minimum absolute atomic E-state index is 0.230. The van der Waals surface area contributed by atoms with Gasteiger partial charge in [0.25, 0.3) is 5.56 Å². The minimum Gasteiger partial charge on any atom is -0.477 e. The van der Waals surface area contributed by atoms with Gasteiger partial charge in [-0.3, -0.25) is 4.79 Å². The van der Waals surface area contributed by atoms with Gasteiger partial charge < -0.3 is 10.0 Å². The fourth-order valence-corrected chi connectivity index (χ4v) is 1.28. The van der Waals surface area contributed by atoms with Crippen LogP contribution in [0.4, 0.5) is 0 Å². The molecule has 88 valence electrons. The molecule has 0 aromatic carbocycles. The van der Waals surface area contributed by atoms with E-state index in [-0.39, 0.29) is 5.56 Å². The number of hydrogen-bond donors (Lipinski definition) is 1. The SMILES string of the molecule is CN(C)CCc1cc(C(=O)O)c(=O)n(C)n1. The van der Waals surface area contributed by atoms with Crippen molar-refractivity contribution in [3.8, 4) is 0 Å². The number of aromatic nitrogens is 2. The third-order valence-corrected chi connectivity index (χ3v) is 2.16. The first kappa shape index (κ1) is 12.4. The molecular weight excluding hydrogens is 210 g/mol. The highest BCUT2D eigenvalue weighted by molar-refractivity contribution is 5.87. The highest BCUT2D eigenvalue weighted by Crippen LogP contribution is 1.98. The molecule has 0 atom stereocenters. The van der Waals surface area contributed by atoms with Crippen LogP contribution in [0.1, 0.15) is 16.1 Å².